The quantitative estimate of drug-likeness (QED) is 0.445. The van der Waals surface area contributed by atoms with Crippen molar-refractivity contribution in [3.8, 4) is 0 Å². The molecule has 4 rings (SSSR count). The lowest BCUT2D eigenvalue weighted by Crippen LogP contribution is -2.34. The van der Waals surface area contributed by atoms with E-state index in [0.717, 1.165) is 10.5 Å². The van der Waals surface area contributed by atoms with Crippen LogP contribution in [0.25, 0.3) is 0 Å². The van der Waals surface area contributed by atoms with Gasteiger partial charge in [-0.15, -0.1) is 0 Å². The van der Waals surface area contributed by atoms with Crippen LogP contribution in [-0.2, 0) is 26.0 Å². The fourth-order valence-electron chi connectivity index (χ4n) is 3.56. The van der Waals surface area contributed by atoms with Crippen LogP contribution in [0.4, 0.5) is 11.6 Å². The van der Waals surface area contributed by atoms with Gasteiger partial charge in [-0.05, 0) is 56.2 Å². The van der Waals surface area contributed by atoms with E-state index in [1.54, 1.807) is 19.9 Å². The molecule has 0 saturated heterocycles. The van der Waals surface area contributed by atoms with E-state index in [9.17, 15) is 18.0 Å². The second-order valence-electron chi connectivity index (χ2n) is 7.92. The molecule has 0 fully saturated rings. The van der Waals surface area contributed by atoms with Crippen LogP contribution in [0.2, 0.25) is 0 Å². The maximum Gasteiger partial charge on any atom is 0.278 e. The van der Waals surface area contributed by atoms with Crippen LogP contribution < -0.4 is 10.0 Å². The molecule has 2 aromatic carbocycles. The summed E-state index contributed by atoms with van der Waals surface area (Å²) in [6.45, 7) is 3.67. The third-order valence-corrected chi connectivity index (χ3v) is 6.91. The van der Waals surface area contributed by atoms with Crippen molar-refractivity contribution in [1.29, 1.82) is 0 Å². The molecule has 0 radical (unpaired) electrons. The standard InChI is InChI=1S/C24H22ClN5O4S/c1-15-14-16(2)27-24(26-15)29-35(33,34)19-10-8-18(9-11-19)28-21-20(25)22(31)30(23(21)32)13-12-17-6-4-3-5-7-17/h3-11,14,28H,12-13H2,1-2H3,(H,26,27,29). The smallest absolute Gasteiger partial charge is 0.278 e. The van der Waals surface area contributed by atoms with E-state index in [4.69, 9.17) is 11.6 Å². The average Bonchev–Trinajstić information content (AvgIpc) is 3.00. The molecule has 11 heteroatoms. The Bertz CT molecular complexity index is 1400. The number of anilines is 2. The number of aromatic nitrogens is 2. The highest BCUT2D eigenvalue weighted by Crippen LogP contribution is 2.26. The van der Waals surface area contributed by atoms with Gasteiger partial charge in [-0.1, -0.05) is 41.9 Å². The van der Waals surface area contributed by atoms with E-state index in [1.807, 2.05) is 30.3 Å². The number of rotatable bonds is 8. The average molecular weight is 512 g/mol. The topological polar surface area (TPSA) is 121 Å². The van der Waals surface area contributed by atoms with Gasteiger partial charge in [0.1, 0.15) is 10.7 Å². The number of halogens is 1. The summed E-state index contributed by atoms with van der Waals surface area (Å²) in [5, 5.41) is 2.62. The van der Waals surface area contributed by atoms with Gasteiger partial charge in [-0.3, -0.25) is 14.5 Å². The molecule has 9 nitrogen and oxygen atoms in total. The van der Waals surface area contributed by atoms with Crippen molar-refractivity contribution >= 4 is 45.1 Å². The van der Waals surface area contributed by atoms with E-state index >= 15 is 0 Å². The molecule has 0 spiro atoms. The van der Waals surface area contributed by atoms with Crippen LogP contribution in [0.1, 0.15) is 17.0 Å². The minimum absolute atomic E-state index is 0.0210. The van der Waals surface area contributed by atoms with Crippen LogP contribution in [-0.4, -0.2) is 41.6 Å². The van der Waals surface area contributed by atoms with E-state index in [2.05, 4.69) is 20.0 Å². The number of amides is 2. The summed E-state index contributed by atoms with van der Waals surface area (Å²) in [6, 6.07) is 16.9. The number of nitrogens with one attached hydrogen (secondary N) is 2. The molecule has 2 amide bonds. The van der Waals surface area contributed by atoms with Crippen LogP contribution >= 0.6 is 11.6 Å². The molecule has 35 heavy (non-hydrogen) atoms. The Morgan fingerprint density at radius 3 is 2.17 bits per heavy atom. The Morgan fingerprint density at radius 2 is 1.54 bits per heavy atom. The van der Waals surface area contributed by atoms with Gasteiger partial charge in [0.25, 0.3) is 21.8 Å². The van der Waals surface area contributed by atoms with Crippen LogP contribution in [0.5, 0.6) is 0 Å². The molecular formula is C24H22ClN5O4S. The molecule has 1 aromatic heterocycles. The molecule has 3 aromatic rings. The summed E-state index contributed by atoms with van der Waals surface area (Å²) in [5.41, 5.74) is 2.59. The molecule has 1 aliphatic rings. The first-order chi connectivity index (χ1) is 16.6. The van der Waals surface area contributed by atoms with Gasteiger partial charge in [-0.25, -0.2) is 23.1 Å². The molecule has 2 heterocycles. The van der Waals surface area contributed by atoms with Gasteiger partial charge in [-0.2, -0.15) is 0 Å². The molecule has 0 atom stereocenters. The zero-order valence-electron chi connectivity index (χ0n) is 18.9. The lowest BCUT2D eigenvalue weighted by atomic mass is 10.1. The number of carbonyl (C=O) groups is 2. The van der Waals surface area contributed by atoms with Crippen LogP contribution in [0.3, 0.4) is 0 Å². The largest absolute Gasteiger partial charge is 0.350 e. The number of carbonyl (C=O) groups excluding carboxylic acids is 2. The van der Waals surface area contributed by atoms with Crippen molar-refractivity contribution in [1.82, 2.24) is 14.9 Å². The fourth-order valence-corrected chi connectivity index (χ4v) is 4.73. The molecule has 0 bridgehead atoms. The summed E-state index contributed by atoms with van der Waals surface area (Å²) >= 11 is 6.15. The number of hydrogen-bond acceptors (Lipinski definition) is 7. The van der Waals surface area contributed by atoms with Gasteiger partial charge in [0.2, 0.25) is 5.95 Å². The Hall–Kier alpha value is -3.76. The first-order valence-corrected chi connectivity index (χ1v) is 12.5. The first kappa shape index (κ1) is 24.4. The zero-order chi connectivity index (χ0) is 25.2. The molecule has 0 saturated carbocycles. The second kappa shape index (κ2) is 9.85. The van der Waals surface area contributed by atoms with Crippen molar-refractivity contribution in [2.45, 2.75) is 25.2 Å². The second-order valence-corrected chi connectivity index (χ2v) is 9.98. The number of benzene rings is 2. The molecule has 0 unspecified atom stereocenters. The van der Waals surface area contributed by atoms with E-state index in [-0.39, 0.29) is 28.1 Å². The maximum atomic E-state index is 12.8. The number of imide groups is 1. The summed E-state index contributed by atoms with van der Waals surface area (Å²) in [6.07, 6.45) is 0.500. The van der Waals surface area contributed by atoms with Crippen molar-refractivity contribution < 1.29 is 18.0 Å². The summed E-state index contributed by atoms with van der Waals surface area (Å²) < 4.78 is 27.8. The maximum absolute atomic E-state index is 12.8. The number of sulfonamides is 1. The Kier molecular flexibility index (Phi) is 6.86. The van der Waals surface area contributed by atoms with Crippen molar-refractivity contribution in [3.63, 3.8) is 0 Å². The Morgan fingerprint density at radius 1 is 0.914 bits per heavy atom. The zero-order valence-corrected chi connectivity index (χ0v) is 20.5. The number of nitrogens with zero attached hydrogens (tertiary/aromatic N) is 3. The van der Waals surface area contributed by atoms with Crippen molar-refractivity contribution in [3.05, 3.63) is 88.3 Å². The highest BCUT2D eigenvalue weighted by molar-refractivity contribution is 7.92. The number of aryl methyl sites for hydroxylation is 2. The van der Waals surface area contributed by atoms with E-state index in [0.29, 0.717) is 23.5 Å². The summed E-state index contributed by atoms with van der Waals surface area (Å²) in [7, 11) is -3.93. The van der Waals surface area contributed by atoms with Crippen LogP contribution in [0, 0.1) is 13.8 Å². The monoisotopic (exact) mass is 511 g/mol. The van der Waals surface area contributed by atoms with E-state index < -0.39 is 21.8 Å². The van der Waals surface area contributed by atoms with E-state index in [1.165, 1.54) is 24.3 Å². The number of hydrogen-bond donors (Lipinski definition) is 2. The lowest BCUT2D eigenvalue weighted by Gasteiger charge is -2.15. The molecule has 2 N–H and O–H groups in total. The van der Waals surface area contributed by atoms with Gasteiger partial charge in [0, 0.05) is 23.6 Å². The third-order valence-electron chi connectivity index (χ3n) is 5.22. The minimum Gasteiger partial charge on any atom is -0.350 e. The van der Waals surface area contributed by atoms with Gasteiger partial charge >= 0.3 is 0 Å². The van der Waals surface area contributed by atoms with Crippen LogP contribution in [0.15, 0.2) is 76.3 Å². The predicted octanol–water partition coefficient (Wildman–Crippen LogP) is 3.37. The Labute approximate surface area is 207 Å². The van der Waals surface area contributed by atoms with Gasteiger partial charge in [0.05, 0.1) is 4.90 Å². The normalized spacial score (nSPS) is 14.0. The predicted molar refractivity (Wildman–Crippen MR) is 132 cm³/mol. The fraction of sp³-hybridized carbons (Fsp3) is 0.167. The Balaban J connectivity index is 1.45. The highest BCUT2D eigenvalue weighted by atomic mass is 35.5. The minimum atomic E-state index is -3.93. The SMILES string of the molecule is Cc1cc(C)nc(NS(=O)(=O)c2ccc(NC3=C(Cl)C(=O)N(CCc4ccccc4)C3=O)cc2)n1. The molecule has 1 aliphatic heterocycles. The van der Waals surface area contributed by atoms with Gasteiger partial charge in [0.15, 0.2) is 0 Å². The molecule has 180 valence electrons. The highest BCUT2D eigenvalue weighted by Gasteiger charge is 2.37. The van der Waals surface area contributed by atoms with Crippen molar-refractivity contribution in [2.24, 2.45) is 0 Å². The molecule has 0 aliphatic carbocycles. The first-order valence-electron chi connectivity index (χ1n) is 10.7. The lowest BCUT2D eigenvalue weighted by molar-refractivity contribution is -0.137. The van der Waals surface area contributed by atoms with Crippen molar-refractivity contribution in [2.75, 3.05) is 16.6 Å². The summed E-state index contributed by atoms with van der Waals surface area (Å²) in [4.78, 5) is 34.6. The third kappa shape index (κ3) is 5.50. The van der Waals surface area contributed by atoms with Gasteiger partial charge < -0.3 is 5.32 Å². The molecular weight excluding hydrogens is 490 g/mol. The summed E-state index contributed by atoms with van der Waals surface area (Å²) in [5.74, 6) is -1.14.